The molecule has 0 unspecified atom stereocenters. The molecule has 5 nitrogen and oxygen atoms in total. The van der Waals surface area contributed by atoms with Gasteiger partial charge in [0, 0.05) is 18.4 Å². The minimum atomic E-state index is -3.29. The van der Waals surface area contributed by atoms with Gasteiger partial charge in [0.15, 0.2) is 14.6 Å². The van der Waals surface area contributed by atoms with Crippen LogP contribution in [0.15, 0.2) is 46.3 Å². The van der Waals surface area contributed by atoms with Gasteiger partial charge in [0.25, 0.3) is 5.91 Å². The molecule has 0 radical (unpaired) electrons. The van der Waals surface area contributed by atoms with E-state index in [1.807, 2.05) is 11.5 Å². The van der Waals surface area contributed by atoms with Crippen LogP contribution in [0, 0.1) is 13.8 Å². The molecule has 1 heterocycles. The van der Waals surface area contributed by atoms with Gasteiger partial charge in [-0.15, -0.1) is 0 Å². The predicted molar refractivity (Wildman–Crippen MR) is 104 cm³/mol. The fourth-order valence-corrected chi connectivity index (χ4v) is 4.67. The van der Waals surface area contributed by atoms with Crippen LogP contribution >= 0.6 is 11.3 Å². The summed E-state index contributed by atoms with van der Waals surface area (Å²) in [5.41, 5.74) is 3.78. The Balaban J connectivity index is 2.09. The number of aryl methyl sites for hydroxylation is 3. The number of carbonyl (C=O) groups excluding carboxylic acids is 1. The Morgan fingerprint density at radius 3 is 2.38 bits per heavy atom. The third-order valence-electron chi connectivity index (χ3n) is 4.16. The van der Waals surface area contributed by atoms with Crippen molar-refractivity contribution in [1.82, 2.24) is 4.57 Å². The lowest BCUT2D eigenvalue weighted by Crippen LogP contribution is -2.16. The van der Waals surface area contributed by atoms with E-state index in [-0.39, 0.29) is 10.8 Å². The van der Waals surface area contributed by atoms with Gasteiger partial charge in [0.05, 0.1) is 15.1 Å². The number of aromatic nitrogens is 1. The van der Waals surface area contributed by atoms with Gasteiger partial charge in [-0.3, -0.25) is 4.79 Å². The number of thiazole rings is 1. The summed E-state index contributed by atoms with van der Waals surface area (Å²) in [5, 5.41) is 0. The number of nitrogens with zero attached hydrogens (tertiary/aromatic N) is 2. The molecular weight excluding hydrogens is 368 g/mol. The van der Waals surface area contributed by atoms with Crippen molar-refractivity contribution in [3.8, 4) is 0 Å². The van der Waals surface area contributed by atoms with Gasteiger partial charge in [0.1, 0.15) is 0 Å². The lowest BCUT2D eigenvalue weighted by atomic mass is 10.1. The first-order chi connectivity index (χ1) is 12.2. The molecule has 0 fully saturated rings. The summed E-state index contributed by atoms with van der Waals surface area (Å²) in [6.45, 7) is 6.84. The van der Waals surface area contributed by atoms with Crippen molar-refractivity contribution < 1.29 is 13.2 Å². The first kappa shape index (κ1) is 18.5. The maximum atomic E-state index is 12.5. The zero-order chi connectivity index (χ0) is 19.1. The number of hydrogen-bond acceptors (Lipinski definition) is 4. The Morgan fingerprint density at radius 1 is 1.15 bits per heavy atom. The van der Waals surface area contributed by atoms with E-state index in [0.29, 0.717) is 16.9 Å². The molecule has 0 spiro atoms. The first-order valence-electron chi connectivity index (χ1n) is 8.20. The fourth-order valence-electron chi connectivity index (χ4n) is 2.90. The van der Waals surface area contributed by atoms with E-state index in [9.17, 15) is 13.2 Å². The second kappa shape index (κ2) is 6.81. The molecule has 0 aliphatic rings. The Kier molecular flexibility index (Phi) is 4.86. The lowest BCUT2D eigenvalue weighted by Gasteiger charge is -2.03. The highest BCUT2D eigenvalue weighted by Crippen LogP contribution is 2.23. The van der Waals surface area contributed by atoms with Crippen LogP contribution in [0.5, 0.6) is 0 Å². The summed E-state index contributed by atoms with van der Waals surface area (Å²) < 4.78 is 26.2. The molecule has 0 saturated carbocycles. The Hall–Kier alpha value is -2.25. The standard InChI is InChI=1S/C19H20N2O3S2/c1-5-21-16-11-12(2)10-13(3)17(16)25-19(21)20-18(22)14-6-8-15(9-7-14)26(4,23)24/h6-11H,5H2,1-4H3. The molecule has 1 amide bonds. The number of fused-ring (bicyclic) bond motifs is 1. The molecule has 7 heteroatoms. The van der Waals surface area contributed by atoms with Gasteiger partial charge in [-0.1, -0.05) is 17.4 Å². The molecule has 0 atom stereocenters. The van der Waals surface area contributed by atoms with Gasteiger partial charge < -0.3 is 4.57 Å². The molecule has 136 valence electrons. The maximum absolute atomic E-state index is 12.5. The Bertz CT molecular complexity index is 1170. The molecule has 0 aliphatic heterocycles. The minimum absolute atomic E-state index is 0.186. The van der Waals surface area contributed by atoms with Gasteiger partial charge in [-0.05, 0) is 62.2 Å². The van der Waals surface area contributed by atoms with Crippen molar-refractivity contribution in [2.75, 3.05) is 6.26 Å². The summed E-state index contributed by atoms with van der Waals surface area (Å²) in [4.78, 5) is 17.7. The second-order valence-electron chi connectivity index (χ2n) is 6.27. The fraction of sp³-hybridized carbons (Fsp3) is 0.263. The summed E-state index contributed by atoms with van der Waals surface area (Å²) in [6, 6.07) is 10.1. The largest absolute Gasteiger partial charge is 0.317 e. The van der Waals surface area contributed by atoms with Crippen molar-refractivity contribution in [3.05, 3.63) is 57.9 Å². The van der Waals surface area contributed by atoms with E-state index in [0.717, 1.165) is 16.5 Å². The topological polar surface area (TPSA) is 68.5 Å². The normalized spacial score (nSPS) is 12.7. The van der Waals surface area contributed by atoms with Crippen LogP contribution in [0.3, 0.4) is 0 Å². The van der Waals surface area contributed by atoms with E-state index in [4.69, 9.17) is 0 Å². The molecular formula is C19H20N2O3S2. The summed E-state index contributed by atoms with van der Waals surface area (Å²) in [6.07, 6.45) is 1.14. The SMILES string of the molecule is CCn1c(=NC(=O)c2ccc(S(C)(=O)=O)cc2)sc2c(C)cc(C)cc21. The van der Waals surface area contributed by atoms with Gasteiger partial charge in [-0.2, -0.15) is 4.99 Å². The third kappa shape index (κ3) is 3.50. The van der Waals surface area contributed by atoms with Gasteiger partial charge in [0.2, 0.25) is 0 Å². The smallest absolute Gasteiger partial charge is 0.279 e. The number of carbonyl (C=O) groups is 1. The molecule has 3 aromatic rings. The van der Waals surface area contributed by atoms with Crippen LogP contribution in [0.4, 0.5) is 0 Å². The van der Waals surface area contributed by atoms with Gasteiger partial charge >= 0.3 is 0 Å². The monoisotopic (exact) mass is 388 g/mol. The van der Waals surface area contributed by atoms with Crippen LogP contribution in [0.25, 0.3) is 10.2 Å². The highest BCUT2D eigenvalue weighted by molar-refractivity contribution is 7.90. The van der Waals surface area contributed by atoms with Crippen molar-refractivity contribution in [2.24, 2.45) is 4.99 Å². The summed E-state index contributed by atoms with van der Waals surface area (Å²) in [7, 11) is -3.29. The summed E-state index contributed by atoms with van der Waals surface area (Å²) in [5.74, 6) is -0.381. The van der Waals surface area contributed by atoms with Crippen molar-refractivity contribution >= 4 is 37.3 Å². The highest BCUT2D eigenvalue weighted by atomic mass is 32.2. The maximum Gasteiger partial charge on any atom is 0.279 e. The van der Waals surface area contributed by atoms with Crippen molar-refractivity contribution in [2.45, 2.75) is 32.2 Å². The molecule has 0 saturated heterocycles. The number of sulfone groups is 1. The predicted octanol–water partition coefficient (Wildman–Crippen LogP) is 3.48. The van der Waals surface area contributed by atoms with E-state index >= 15 is 0 Å². The van der Waals surface area contributed by atoms with Crippen LogP contribution < -0.4 is 4.80 Å². The molecule has 0 aliphatic carbocycles. The quantitative estimate of drug-likeness (QED) is 0.690. The summed E-state index contributed by atoms with van der Waals surface area (Å²) >= 11 is 1.49. The van der Waals surface area contributed by atoms with E-state index in [1.54, 1.807) is 0 Å². The van der Waals surface area contributed by atoms with Crippen LogP contribution in [0.2, 0.25) is 0 Å². The first-order valence-corrected chi connectivity index (χ1v) is 10.9. The van der Waals surface area contributed by atoms with Crippen molar-refractivity contribution in [1.29, 1.82) is 0 Å². The minimum Gasteiger partial charge on any atom is -0.317 e. The number of rotatable bonds is 3. The molecule has 26 heavy (non-hydrogen) atoms. The highest BCUT2D eigenvalue weighted by Gasteiger charge is 2.12. The molecule has 1 aromatic heterocycles. The van der Waals surface area contributed by atoms with E-state index in [2.05, 4.69) is 31.0 Å². The average molecular weight is 389 g/mol. The van der Waals surface area contributed by atoms with Crippen LogP contribution in [-0.2, 0) is 16.4 Å². The number of hydrogen-bond donors (Lipinski definition) is 0. The van der Waals surface area contributed by atoms with Gasteiger partial charge in [-0.25, -0.2) is 8.42 Å². The zero-order valence-electron chi connectivity index (χ0n) is 15.1. The average Bonchev–Trinajstić information content (AvgIpc) is 2.91. The van der Waals surface area contributed by atoms with Crippen molar-refractivity contribution in [3.63, 3.8) is 0 Å². The Labute approximate surface area is 156 Å². The molecule has 0 bridgehead atoms. The number of amides is 1. The zero-order valence-corrected chi connectivity index (χ0v) is 16.7. The third-order valence-corrected chi connectivity index (χ3v) is 6.52. The molecule has 0 N–H and O–H groups in total. The Morgan fingerprint density at radius 2 is 1.81 bits per heavy atom. The van der Waals surface area contributed by atoms with E-state index in [1.165, 1.54) is 46.7 Å². The van der Waals surface area contributed by atoms with Crippen LogP contribution in [0.1, 0.15) is 28.4 Å². The molecule has 2 aromatic carbocycles. The second-order valence-corrected chi connectivity index (χ2v) is 9.27. The number of benzene rings is 2. The van der Waals surface area contributed by atoms with Crippen LogP contribution in [-0.4, -0.2) is 25.1 Å². The molecule has 3 rings (SSSR count). The van der Waals surface area contributed by atoms with E-state index < -0.39 is 9.84 Å². The lowest BCUT2D eigenvalue weighted by molar-refractivity contribution is 0.0997.